The molecule has 1 saturated heterocycles. The van der Waals surface area contributed by atoms with Crippen LogP contribution in [0.15, 0.2) is 42.7 Å². The van der Waals surface area contributed by atoms with Gasteiger partial charge >= 0.3 is 0 Å². The van der Waals surface area contributed by atoms with Crippen LogP contribution in [-0.4, -0.2) is 50.1 Å². The fourth-order valence-corrected chi connectivity index (χ4v) is 2.81. The Morgan fingerprint density at radius 1 is 1.22 bits per heavy atom. The van der Waals surface area contributed by atoms with Crippen LogP contribution < -0.4 is 4.90 Å². The molecule has 3 heterocycles. The predicted molar refractivity (Wildman–Crippen MR) is 85.8 cm³/mol. The molecule has 0 saturated carbocycles. The van der Waals surface area contributed by atoms with Gasteiger partial charge in [-0.3, -0.25) is 4.79 Å². The molecule has 0 N–H and O–H groups in total. The van der Waals surface area contributed by atoms with Crippen molar-refractivity contribution in [2.24, 2.45) is 0 Å². The number of likely N-dealkylation sites (N-methyl/N-ethyl adjacent to an activating group) is 1. The SMILES string of the molecule is CCN1CN(c2cc(-c3ccccc3)nc3ncnn23)CC1=O. The molecule has 0 bridgehead atoms. The minimum atomic E-state index is 0.124. The Morgan fingerprint density at radius 2 is 2.04 bits per heavy atom. The van der Waals surface area contributed by atoms with Crippen molar-refractivity contribution in [3.8, 4) is 11.3 Å². The van der Waals surface area contributed by atoms with Gasteiger partial charge in [-0.2, -0.15) is 14.6 Å². The first-order chi connectivity index (χ1) is 11.3. The summed E-state index contributed by atoms with van der Waals surface area (Å²) in [6.07, 6.45) is 1.48. The van der Waals surface area contributed by atoms with E-state index in [1.807, 2.05) is 53.1 Å². The third-order valence-electron chi connectivity index (χ3n) is 4.03. The second kappa shape index (κ2) is 5.35. The lowest BCUT2D eigenvalue weighted by atomic mass is 10.1. The summed E-state index contributed by atoms with van der Waals surface area (Å²) in [6.45, 7) is 3.59. The van der Waals surface area contributed by atoms with Crippen molar-refractivity contribution in [1.82, 2.24) is 24.5 Å². The second-order valence-corrected chi connectivity index (χ2v) is 5.43. The maximum absolute atomic E-state index is 12.0. The molecule has 2 aromatic heterocycles. The largest absolute Gasteiger partial charge is 0.329 e. The summed E-state index contributed by atoms with van der Waals surface area (Å²) in [7, 11) is 0. The fourth-order valence-electron chi connectivity index (χ4n) is 2.81. The molecule has 1 aliphatic heterocycles. The number of rotatable bonds is 3. The molecule has 7 nitrogen and oxygen atoms in total. The number of amides is 1. The van der Waals surface area contributed by atoms with Crippen molar-refractivity contribution in [2.45, 2.75) is 6.92 Å². The van der Waals surface area contributed by atoms with Gasteiger partial charge in [0.1, 0.15) is 18.7 Å². The van der Waals surface area contributed by atoms with E-state index in [-0.39, 0.29) is 5.91 Å². The average molecular weight is 308 g/mol. The van der Waals surface area contributed by atoms with Crippen LogP contribution in [0.5, 0.6) is 0 Å². The van der Waals surface area contributed by atoms with E-state index in [1.54, 1.807) is 4.52 Å². The quantitative estimate of drug-likeness (QED) is 0.732. The molecule has 3 aromatic rings. The van der Waals surface area contributed by atoms with Crippen LogP contribution in [0.1, 0.15) is 6.92 Å². The van der Waals surface area contributed by atoms with Crippen molar-refractivity contribution in [3.63, 3.8) is 0 Å². The van der Waals surface area contributed by atoms with Crippen LogP contribution in [0.3, 0.4) is 0 Å². The zero-order valence-corrected chi connectivity index (χ0v) is 12.8. The van der Waals surface area contributed by atoms with E-state index in [0.717, 1.165) is 17.1 Å². The Bertz CT molecular complexity index is 859. The summed E-state index contributed by atoms with van der Waals surface area (Å²) in [5, 5.41) is 4.25. The third-order valence-corrected chi connectivity index (χ3v) is 4.03. The molecular weight excluding hydrogens is 292 g/mol. The lowest BCUT2D eigenvalue weighted by Crippen LogP contribution is -2.27. The number of fused-ring (bicyclic) bond motifs is 1. The number of hydrogen-bond donors (Lipinski definition) is 0. The number of nitrogens with zero attached hydrogens (tertiary/aromatic N) is 6. The van der Waals surface area contributed by atoms with Gasteiger partial charge in [-0.1, -0.05) is 30.3 Å². The first-order valence-electron chi connectivity index (χ1n) is 7.55. The molecule has 0 atom stereocenters. The molecular formula is C16H16N6O. The Hall–Kier alpha value is -2.96. The second-order valence-electron chi connectivity index (χ2n) is 5.43. The molecule has 7 heteroatoms. The minimum absolute atomic E-state index is 0.124. The van der Waals surface area contributed by atoms with Crippen LogP contribution >= 0.6 is 0 Å². The van der Waals surface area contributed by atoms with E-state index in [0.29, 0.717) is 25.5 Å². The zero-order valence-electron chi connectivity index (χ0n) is 12.8. The normalized spacial score (nSPS) is 14.9. The lowest BCUT2D eigenvalue weighted by Gasteiger charge is -2.19. The molecule has 0 spiro atoms. The molecule has 0 aliphatic carbocycles. The maximum atomic E-state index is 12.0. The zero-order chi connectivity index (χ0) is 15.8. The number of carbonyl (C=O) groups is 1. The summed E-state index contributed by atoms with van der Waals surface area (Å²) >= 11 is 0. The molecule has 1 fully saturated rings. The highest BCUT2D eigenvalue weighted by molar-refractivity contribution is 5.85. The molecule has 4 rings (SSSR count). The van der Waals surface area contributed by atoms with Gasteiger partial charge in [-0.05, 0) is 6.92 Å². The number of aromatic nitrogens is 4. The Kier molecular flexibility index (Phi) is 3.18. The first kappa shape index (κ1) is 13.7. The molecule has 116 valence electrons. The highest BCUT2D eigenvalue weighted by atomic mass is 16.2. The van der Waals surface area contributed by atoms with Crippen molar-refractivity contribution in [3.05, 3.63) is 42.7 Å². The minimum Gasteiger partial charge on any atom is -0.329 e. The Morgan fingerprint density at radius 3 is 2.78 bits per heavy atom. The van der Waals surface area contributed by atoms with Gasteiger partial charge in [0.2, 0.25) is 5.91 Å². The molecule has 1 aromatic carbocycles. The van der Waals surface area contributed by atoms with Gasteiger partial charge in [0.05, 0.1) is 12.4 Å². The molecule has 0 radical (unpaired) electrons. The smallest absolute Gasteiger partial charge is 0.254 e. The van der Waals surface area contributed by atoms with E-state index < -0.39 is 0 Å². The monoisotopic (exact) mass is 308 g/mol. The van der Waals surface area contributed by atoms with Crippen molar-refractivity contribution >= 4 is 17.5 Å². The summed E-state index contributed by atoms with van der Waals surface area (Å²) in [6, 6.07) is 11.9. The first-order valence-corrected chi connectivity index (χ1v) is 7.55. The summed E-state index contributed by atoms with van der Waals surface area (Å²) in [4.78, 5) is 24.6. The van der Waals surface area contributed by atoms with E-state index in [4.69, 9.17) is 0 Å². The number of carbonyl (C=O) groups excluding carboxylic acids is 1. The number of benzene rings is 1. The van der Waals surface area contributed by atoms with E-state index >= 15 is 0 Å². The Labute approximate surface area is 133 Å². The number of anilines is 1. The lowest BCUT2D eigenvalue weighted by molar-refractivity contribution is -0.126. The molecule has 1 aliphatic rings. The van der Waals surface area contributed by atoms with Crippen LogP contribution in [0.2, 0.25) is 0 Å². The van der Waals surface area contributed by atoms with Crippen LogP contribution in [0.25, 0.3) is 17.0 Å². The van der Waals surface area contributed by atoms with Gasteiger partial charge in [-0.15, -0.1) is 0 Å². The van der Waals surface area contributed by atoms with Crippen LogP contribution in [0.4, 0.5) is 5.82 Å². The van der Waals surface area contributed by atoms with Crippen LogP contribution in [0, 0.1) is 0 Å². The number of hydrogen-bond acceptors (Lipinski definition) is 5. The summed E-state index contributed by atoms with van der Waals surface area (Å²) in [5.74, 6) is 1.48. The van der Waals surface area contributed by atoms with Gasteiger partial charge < -0.3 is 9.80 Å². The van der Waals surface area contributed by atoms with E-state index in [2.05, 4.69) is 15.1 Å². The average Bonchev–Trinajstić information content (AvgIpc) is 3.20. The molecule has 0 unspecified atom stereocenters. The third kappa shape index (κ3) is 2.30. The van der Waals surface area contributed by atoms with Crippen LogP contribution in [-0.2, 0) is 4.79 Å². The molecule has 23 heavy (non-hydrogen) atoms. The van der Waals surface area contributed by atoms with E-state index in [1.165, 1.54) is 6.33 Å². The highest BCUT2D eigenvalue weighted by Crippen LogP contribution is 2.25. The van der Waals surface area contributed by atoms with Gasteiger partial charge in [0.25, 0.3) is 5.78 Å². The standard InChI is InChI=1S/C16H16N6O/c1-2-20-11-21(9-15(20)23)14-8-13(12-6-4-3-5-7-12)19-16-17-10-18-22(14)16/h3-8,10H,2,9,11H2,1H3. The van der Waals surface area contributed by atoms with Crippen molar-refractivity contribution in [1.29, 1.82) is 0 Å². The van der Waals surface area contributed by atoms with Gasteiger partial charge in [0.15, 0.2) is 0 Å². The fraction of sp³-hybridized carbons (Fsp3) is 0.250. The van der Waals surface area contributed by atoms with E-state index in [9.17, 15) is 4.79 Å². The van der Waals surface area contributed by atoms with Crippen molar-refractivity contribution in [2.75, 3.05) is 24.7 Å². The highest BCUT2D eigenvalue weighted by Gasteiger charge is 2.28. The Balaban J connectivity index is 1.83. The van der Waals surface area contributed by atoms with Crippen molar-refractivity contribution < 1.29 is 4.79 Å². The molecule has 1 amide bonds. The summed E-state index contributed by atoms with van der Waals surface area (Å²) < 4.78 is 1.68. The predicted octanol–water partition coefficient (Wildman–Crippen LogP) is 1.42. The van der Waals surface area contributed by atoms with Gasteiger partial charge in [0, 0.05) is 18.2 Å². The van der Waals surface area contributed by atoms with Gasteiger partial charge in [-0.25, -0.2) is 4.98 Å². The topological polar surface area (TPSA) is 66.6 Å². The maximum Gasteiger partial charge on any atom is 0.254 e. The summed E-state index contributed by atoms with van der Waals surface area (Å²) in [5.41, 5.74) is 1.83.